The maximum atomic E-state index is 12.5. The molecule has 0 spiro atoms. The van der Waals surface area contributed by atoms with Crippen molar-refractivity contribution in [3.05, 3.63) is 51.2 Å². The normalized spacial score (nSPS) is 12.6. The van der Waals surface area contributed by atoms with Crippen LogP contribution in [-0.2, 0) is 15.5 Å². The molecule has 2 aromatic rings. The minimum absolute atomic E-state index is 0.256. The van der Waals surface area contributed by atoms with E-state index in [-0.39, 0.29) is 17.9 Å². The van der Waals surface area contributed by atoms with E-state index in [1.165, 1.54) is 7.11 Å². The van der Waals surface area contributed by atoms with Crippen LogP contribution in [0.4, 0.5) is 0 Å². The number of carbonyl (C=O) groups excluding carboxylic acids is 1. The second-order valence-corrected chi connectivity index (χ2v) is 7.82. The van der Waals surface area contributed by atoms with Crippen molar-refractivity contribution in [1.82, 2.24) is 5.32 Å². The average Bonchev–Trinajstić information content (AvgIpc) is 2.93. The number of ether oxygens (including phenoxy) is 1. The number of hydrogen-bond donors (Lipinski definition) is 3. The van der Waals surface area contributed by atoms with E-state index in [0.29, 0.717) is 10.8 Å². The molecule has 0 saturated heterocycles. The number of rotatable bonds is 8. The first-order valence-corrected chi connectivity index (χ1v) is 9.95. The zero-order chi connectivity index (χ0) is 18.4. The smallest absolute Gasteiger partial charge is 0.469 e. The number of halogens is 1. The zero-order valence-corrected chi connectivity index (χ0v) is 15.7. The maximum absolute atomic E-state index is 12.5. The minimum Gasteiger partial charge on any atom is -0.493 e. The van der Waals surface area contributed by atoms with Gasteiger partial charge in [0.25, 0.3) is 5.91 Å². The highest BCUT2D eigenvalue weighted by molar-refractivity contribution is 7.46. The second kappa shape index (κ2) is 8.80. The van der Waals surface area contributed by atoms with Gasteiger partial charge in [-0.1, -0.05) is 41.9 Å². The molecule has 0 aliphatic carbocycles. The molecule has 0 saturated carbocycles. The highest BCUT2D eigenvalue weighted by Gasteiger charge is 2.23. The molecule has 0 aliphatic rings. The van der Waals surface area contributed by atoms with Crippen LogP contribution in [0.2, 0.25) is 4.34 Å². The lowest BCUT2D eigenvalue weighted by molar-refractivity contribution is 0.0907. The molecule has 1 aromatic heterocycles. The van der Waals surface area contributed by atoms with Gasteiger partial charge in [0.05, 0.1) is 25.3 Å². The van der Waals surface area contributed by atoms with Crippen LogP contribution in [0.15, 0.2) is 35.7 Å². The fourth-order valence-electron chi connectivity index (χ4n) is 2.17. The Kier molecular flexibility index (Phi) is 7.01. The summed E-state index contributed by atoms with van der Waals surface area (Å²) in [5.41, 5.74) is 1.14. The molecule has 0 bridgehead atoms. The van der Waals surface area contributed by atoms with Crippen LogP contribution in [0.5, 0.6) is 5.75 Å². The molecule has 10 heteroatoms. The summed E-state index contributed by atoms with van der Waals surface area (Å²) in [6.07, 6.45) is 0.340. The van der Waals surface area contributed by atoms with E-state index in [9.17, 15) is 9.36 Å². The van der Waals surface area contributed by atoms with Crippen LogP contribution in [-0.4, -0.2) is 35.5 Å². The monoisotopic (exact) mass is 405 g/mol. The van der Waals surface area contributed by atoms with Crippen molar-refractivity contribution < 1.29 is 28.4 Å². The van der Waals surface area contributed by atoms with E-state index in [1.54, 1.807) is 5.38 Å². The number of phosphoric ester groups is 1. The van der Waals surface area contributed by atoms with Crippen LogP contribution >= 0.6 is 30.8 Å². The predicted octanol–water partition coefficient (Wildman–Crippen LogP) is 2.86. The topological polar surface area (TPSA) is 105 Å². The molecular formula is C15H17ClNO6PS. The molecule has 0 fully saturated rings. The van der Waals surface area contributed by atoms with Gasteiger partial charge >= 0.3 is 7.82 Å². The molecule has 2 rings (SSSR count). The van der Waals surface area contributed by atoms with Crippen molar-refractivity contribution in [1.29, 1.82) is 0 Å². The molecule has 136 valence electrons. The zero-order valence-electron chi connectivity index (χ0n) is 13.2. The number of carbonyl (C=O) groups is 1. The van der Waals surface area contributed by atoms with Gasteiger partial charge in [-0.2, -0.15) is 0 Å². The molecule has 1 amide bonds. The summed E-state index contributed by atoms with van der Waals surface area (Å²) < 4.78 is 21.0. The van der Waals surface area contributed by atoms with Crippen LogP contribution in [0.1, 0.15) is 15.9 Å². The van der Waals surface area contributed by atoms with Gasteiger partial charge in [0.2, 0.25) is 0 Å². The van der Waals surface area contributed by atoms with Gasteiger partial charge in [0.15, 0.2) is 5.75 Å². The van der Waals surface area contributed by atoms with Crippen molar-refractivity contribution in [3.8, 4) is 5.75 Å². The van der Waals surface area contributed by atoms with E-state index in [1.807, 2.05) is 30.3 Å². The fraction of sp³-hybridized carbons (Fsp3) is 0.267. The van der Waals surface area contributed by atoms with Gasteiger partial charge in [-0.05, 0) is 12.0 Å². The standard InChI is InChI=1S/C15H17ClNO6PS/c1-22-13-12(9-25-14(13)16)15(18)17-11(8-23-24(19,20)21)7-10-5-3-2-4-6-10/h2-6,9,11H,7-8H2,1H3,(H,17,18)(H2,19,20,21). The van der Waals surface area contributed by atoms with Crippen molar-refractivity contribution in [2.75, 3.05) is 13.7 Å². The van der Waals surface area contributed by atoms with Gasteiger partial charge in [-0.3, -0.25) is 9.32 Å². The summed E-state index contributed by atoms with van der Waals surface area (Å²) in [7, 11) is -3.24. The van der Waals surface area contributed by atoms with Crippen molar-refractivity contribution in [3.63, 3.8) is 0 Å². The maximum Gasteiger partial charge on any atom is 0.469 e. The van der Waals surface area contributed by atoms with Crippen molar-refractivity contribution in [2.45, 2.75) is 12.5 Å². The Hall–Kier alpha value is -1.41. The average molecular weight is 406 g/mol. The molecule has 1 atom stereocenters. The summed E-state index contributed by atoms with van der Waals surface area (Å²) in [5.74, 6) is -0.200. The first kappa shape index (κ1) is 19.9. The molecule has 0 aliphatic heterocycles. The third-order valence-corrected chi connectivity index (χ3v) is 4.93. The Bertz CT molecular complexity index is 763. The van der Waals surface area contributed by atoms with E-state index in [4.69, 9.17) is 26.1 Å². The van der Waals surface area contributed by atoms with Gasteiger partial charge in [0, 0.05) is 5.38 Å². The third kappa shape index (κ3) is 6.11. The summed E-state index contributed by atoms with van der Waals surface area (Å²) >= 11 is 7.12. The number of phosphoric acid groups is 1. The number of benzene rings is 1. The van der Waals surface area contributed by atoms with Gasteiger partial charge in [0.1, 0.15) is 4.34 Å². The minimum atomic E-state index is -4.65. The Morgan fingerprint density at radius 3 is 2.64 bits per heavy atom. The molecular weight excluding hydrogens is 389 g/mol. The van der Waals surface area contributed by atoms with Crippen LogP contribution in [0.25, 0.3) is 0 Å². The van der Waals surface area contributed by atoms with Gasteiger partial charge < -0.3 is 19.8 Å². The van der Waals surface area contributed by atoms with E-state index >= 15 is 0 Å². The number of hydrogen-bond acceptors (Lipinski definition) is 5. The Morgan fingerprint density at radius 1 is 1.36 bits per heavy atom. The second-order valence-electron chi connectivity index (χ2n) is 5.10. The Balaban J connectivity index is 2.13. The lowest BCUT2D eigenvalue weighted by atomic mass is 10.1. The number of thiophene rings is 1. The Labute approximate surface area is 153 Å². The molecule has 1 unspecified atom stereocenters. The van der Waals surface area contributed by atoms with E-state index < -0.39 is 19.8 Å². The molecule has 0 radical (unpaired) electrons. The SMILES string of the molecule is COc1c(C(=O)NC(COP(=O)(O)O)Cc2ccccc2)csc1Cl. The summed E-state index contributed by atoms with van der Waals surface area (Å²) in [5, 5.41) is 4.26. The molecule has 7 nitrogen and oxygen atoms in total. The van der Waals surface area contributed by atoms with E-state index in [2.05, 4.69) is 9.84 Å². The van der Waals surface area contributed by atoms with Gasteiger partial charge in [-0.15, -0.1) is 11.3 Å². The summed E-state index contributed by atoms with van der Waals surface area (Å²) in [6.45, 7) is -0.342. The Morgan fingerprint density at radius 2 is 2.04 bits per heavy atom. The van der Waals surface area contributed by atoms with Crippen LogP contribution in [0.3, 0.4) is 0 Å². The number of amides is 1. The lowest BCUT2D eigenvalue weighted by Gasteiger charge is -2.19. The van der Waals surface area contributed by atoms with Crippen LogP contribution < -0.4 is 10.1 Å². The first-order valence-electron chi connectivity index (χ1n) is 7.16. The quantitative estimate of drug-likeness (QED) is 0.583. The van der Waals surface area contributed by atoms with Crippen LogP contribution in [0, 0.1) is 0 Å². The predicted molar refractivity (Wildman–Crippen MR) is 95.3 cm³/mol. The summed E-state index contributed by atoms with van der Waals surface area (Å²) in [4.78, 5) is 30.3. The highest BCUT2D eigenvalue weighted by atomic mass is 35.5. The first-order chi connectivity index (χ1) is 11.8. The molecule has 1 aromatic carbocycles. The third-order valence-electron chi connectivity index (χ3n) is 3.26. The lowest BCUT2D eigenvalue weighted by Crippen LogP contribution is -2.39. The fourth-order valence-corrected chi connectivity index (χ4v) is 3.59. The molecule has 25 heavy (non-hydrogen) atoms. The van der Waals surface area contributed by atoms with Crippen molar-refractivity contribution >= 4 is 36.7 Å². The largest absolute Gasteiger partial charge is 0.493 e. The number of nitrogens with one attached hydrogen (secondary N) is 1. The molecule has 1 heterocycles. The molecule has 3 N–H and O–H groups in total. The van der Waals surface area contributed by atoms with E-state index in [0.717, 1.165) is 16.9 Å². The highest BCUT2D eigenvalue weighted by Crippen LogP contribution is 2.36. The van der Waals surface area contributed by atoms with Crippen molar-refractivity contribution in [2.24, 2.45) is 0 Å². The number of methoxy groups -OCH3 is 1. The summed E-state index contributed by atoms with van der Waals surface area (Å²) in [6, 6.07) is 8.56. The van der Waals surface area contributed by atoms with Gasteiger partial charge in [-0.25, -0.2) is 4.57 Å².